The molecule has 0 radical (unpaired) electrons. The molecule has 0 atom stereocenters. The Hall–Kier alpha value is -2.28. The molecule has 7 heteroatoms. The molecule has 0 aliphatic carbocycles. The van der Waals surface area contributed by atoms with Crippen molar-refractivity contribution in [3.63, 3.8) is 0 Å². The molecule has 2 aromatic rings. The molecule has 0 N–H and O–H groups in total. The first-order valence-corrected chi connectivity index (χ1v) is 10.1. The number of nitrogens with zero attached hydrogens (tertiary/aromatic N) is 1. The minimum atomic E-state index is -0.409. The van der Waals surface area contributed by atoms with E-state index in [1.54, 1.807) is 20.1 Å². The fourth-order valence-corrected chi connectivity index (χ4v) is 3.92. The molecule has 3 rings (SSSR count). The van der Waals surface area contributed by atoms with Gasteiger partial charge in [-0.1, -0.05) is 6.07 Å². The number of carbonyl (C=O) groups is 1. The maximum absolute atomic E-state index is 12.5. The third kappa shape index (κ3) is 5.38. The molecule has 1 aliphatic heterocycles. The molecule has 150 valence electrons. The van der Waals surface area contributed by atoms with Crippen LogP contribution in [0.4, 0.5) is 0 Å². The van der Waals surface area contributed by atoms with Gasteiger partial charge in [0.1, 0.15) is 23.4 Å². The molecule has 0 spiro atoms. The fraction of sp³-hybridized carbons (Fsp3) is 0.429. The Kier molecular flexibility index (Phi) is 6.78. The van der Waals surface area contributed by atoms with Crippen LogP contribution in [0.1, 0.15) is 30.6 Å². The molecule has 1 fully saturated rings. The second-order valence-electron chi connectivity index (χ2n) is 6.89. The molecule has 1 saturated heterocycles. The van der Waals surface area contributed by atoms with E-state index in [4.69, 9.17) is 13.9 Å². The summed E-state index contributed by atoms with van der Waals surface area (Å²) in [4.78, 5) is 25.9. The molecule has 1 aromatic carbocycles. The number of likely N-dealkylation sites (tertiary alicyclic amines) is 1. The Balaban J connectivity index is 1.47. The van der Waals surface area contributed by atoms with E-state index >= 15 is 0 Å². The number of piperidine rings is 1. The van der Waals surface area contributed by atoms with Gasteiger partial charge in [-0.05, 0) is 47.0 Å². The molecule has 1 aliphatic rings. The van der Waals surface area contributed by atoms with Crippen LogP contribution >= 0.6 is 15.9 Å². The summed E-state index contributed by atoms with van der Waals surface area (Å²) in [6.07, 6.45) is 2.67. The molecule has 1 aromatic heterocycles. The fourth-order valence-electron chi connectivity index (χ4n) is 3.33. The summed E-state index contributed by atoms with van der Waals surface area (Å²) >= 11 is 3.47. The maximum Gasteiger partial charge on any atom is 0.339 e. The van der Waals surface area contributed by atoms with Gasteiger partial charge in [-0.2, -0.15) is 0 Å². The number of amides is 1. The molecule has 2 heterocycles. The number of rotatable bonds is 6. The Labute approximate surface area is 172 Å². The molecule has 0 saturated carbocycles. The van der Waals surface area contributed by atoms with Crippen LogP contribution in [0.3, 0.4) is 0 Å². The number of methoxy groups -OCH3 is 1. The SMILES string of the molecule is COc1ccc(CCC(=O)N2CCC(Oc3cc(C)oc(=O)c3)CC2)cc1Br. The monoisotopic (exact) mass is 449 g/mol. The number of aryl methyl sites for hydroxylation is 2. The number of carbonyl (C=O) groups excluding carboxylic acids is 1. The molecule has 28 heavy (non-hydrogen) atoms. The van der Waals surface area contributed by atoms with Crippen molar-refractivity contribution < 1.29 is 18.7 Å². The van der Waals surface area contributed by atoms with Crippen molar-refractivity contribution >= 4 is 21.8 Å². The largest absolute Gasteiger partial charge is 0.496 e. The normalized spacial score (nSPS) is 14.8. The number of hydrogen-bond acceptors (Lipinski definition) is 5. The highest BCUT2D eigenvalue weighted by Gasteiger charge is 2.24. The standard InChI is InChI=1S/C21H24BrNO5/c1-14-11-17(13-21(25)27-14)28-16-7-9-23(10-8-16)20(24)6-4-15-3-5-19(26-2)18(22)12-15/h3,5,11-13,16H,4,6-10H2,1-2H3. The summed E-state index contributed by atoms with van der Waals surface area (Å²) in [5, 5.41) is 0. The van der Waals surface area contributed by atoms with Crippen LogP contribution < -0.4 is 15.1 Å². The highest BCUT2D eigenvalue weighted by atomic mass is 79.9. The van der Waals surface area contributed by atoms with Gasteiger partial charge in [0, 0.05) is 38.4 Å². The second-order valence-corrected chi connectivity index (χ2v) is 7.74. The number of ether oxygens (including phenoxy) is 2. The highest BCUT2D eigenvalue weighted by molar-refractivity contribution is 9.10. The summed E-state index contributed by atoms with van der Waals surface area (Å²) in [6, 6.07) is 8.95. The van der Waals surface area contributed by atoms with E-state index in [0.29, 0.717) is 37.4 Å². The van der Waals surface area contributed by atoms with E-state index in [0.717, 1.165) is 28.6 Å². The lowest BCUT2D eigenvalue weighted by atomic mass is 10.1. The predicted molar refractivity (Wildman–Crippen MR) is 109 cm³/mol. The van der Waals surface area contributed by atoms with Crippen molar-refractivity contribution in [1.29, 1.82) is 0 Å². The molecular formula is C21H24BrNO5. The number of benzene rings is 1. The van der Waals surface area contributed by atoms with Crippen LogP contribution in [-0.4, -0.2) is 37.1 Å². The average Bonchev–Trinajstić information content (AvgIpc) is 2.66. The first kappa shape index (κ1) is 20.5. The van der Waals surface area contributed by atoms with Gasteiger partial charge in [0.15, 0.2) is 0 Å². The van der Waals surface area contributed by atoms with Gasteiger partial charge >= 0.3 is 5.63 Å². The van der Waals surface area contributed by atoms with E-state index in [-0.39, 0.29) is 12.0 Å². The van der Waals surface area contributed by atoms with Gasteiger partial charge in [-0.25, -0.2) is 4.79 Å². The van der Waals surface area contributed by atoms with Crippen LogP contribution in [0, 0.1) is 6.92 Å². The van der Waals surface area contributed by atoms with Crippen LogP contribution in [0.15, 0.2) is 44.0 Å². The molecule has 0 unspecified atom stereocenters. The summed E-state index contributed by atoms with van der Waals surface area (Å²) in [5.74, 6) is 1.99. The quantitative estimate of drug-likeness (QED) is 0.671. The van der Waals surface area contributed by atoms with Crippen molar-refractivity contribution in [1.82, 2.24) is 4.90 Å². The Morgan fingerprint density at radius 2 is 2.00 bits per heavy atom. The molecular weight excluding hydrogens is 426 g/mol. The highest BCUT2D eigenvalue weighted by Crippen LogP contribution is 2.26. The van der Waals surface area contributed by atoms with E-state index in [1.165, 1.54) is 6.07 Å². The topological polar surface area (TPSA) is 69.0 Å². The van der Waals surface area contributed by atoms with Gasteiger partial charge in [-0.3, -0.25) is 4.79 Å². The lowest BCUT2D eigenvalue weighted by Gasteiger charge is -2.32. The zero-order chi connectivity index (χ0) is 20.1. The van der Waals surface area contributed by atoms with Crippen LogP contribution in [0.2, 0.25) is 0 Å². The second kappa shape index (κ2) is 9.28. The summed E-state index contributed by atoms with van der Waals surface area (Å²) in [6.45, 7) is 3.04. The van der Waals surface area contributed by atoms with Gasteiger partial charge in [-0.15, -0.1) is 0 Å². The summed E-state index contributed by atoms with van der Waals surface area (Å²) < 4.78 is 17.0. The smallest absolute Gasteiger partial charge is 0.339 e. The first-order valence-electron chi connectivity index (χ1n) is 9.33. The van der Waals surface area contributed by atoms with Crippen LogP contribution in [-0.2, 0) is 11.2 Å². The maximum atomic E-state index is 12.5. The molecule has 6 nitrogen and oxygen atoms in total. The molecule has 0 bridgehead atoms. The van der Waals surface area contributed by atoms with Crippen molar-refractivity contribution in [3.8, 4) is 11.5 Å². The minimum Gasteiger partial charge on any atom is -0.496 e. The van der Waals surface area contributed by atoms with E-state index in [2.05, 4.69) is 15.9 Å². The van der Waals surface area contributed by atoms with Crippen LogP contribution in [0.25, 0.3) is 0 Å². The van der Waals surface area contributed by atoms with Crippen molar-refractivity contribution in [2.75, 3.05) is 20.2 Å². The number of hydrogen-bond donors (Lipinski definition) is 0. The summed E-state index contributed by atoms with van der Waals surface area (Å²) in [5.41, 5.74) is 0.685. The lowest BCUT2D eigenvalue weighted by Crippen LogP contribution is -2.41. The van der Waals surface area contributed by atoms with Crippen LogP contribution in [0.5, 0.6) is 11.5 Å². The van der Waals surface area contributed by atoms with E-state index in [9.17, 15) is 9.59 Å². The average molecular weight is 450 g/mol. The summed E-state index contributed by atoms with van der Waals surface area (Å²) in [7, 11) is 1.63. The Morgan fingerprint density at radius 3 is 2.64 bits per heavy atom. The van der Waals surface area contributed by atoms with E-state index < -0.39 is 5.63 Å². The van der Waals surface area contributed by atoms with E-state index in [1.807, 2.05) is 23.1 Å². The molecule has 1 amide bonds. The van der Waals surface area contributed by atoms with Gasteiger partial charge < -0.3 is 18.8 Å². The zero-order valence-corrected chi connectivity index (χ0v) is 17.7. The van der Waals surface area contributed by atoms with Crippen molar-refractivity contribution in [2.24, 2.45) is 0 Å². The van der Waals surface area contributed by atoms with Gasteiger partial charge in [0.25, 0.3) is 0 Å². The first-order chi connectivity index (χ1) is 13.4. The Morgan fingerprint density at radius 1 is 1.25 bits per heavy atom. The van der Waals surface area contributed by atoms with Gasteiger partial charge in [0.2, 0.25) is 5.91 Å². The lowest BCUT2D eigenvalue weighted by molar-refractivity contribution is -0.132. The van der Waals surface area contributed by atoms with Gasteiger partial charge in [0.05, 0.1) is 17.6 Å². The van der Waals surface area contributed by atoms with Crippen molar-refractivity contribution in [2.45, 2.75) is 38.7 Å². The third-order valence-electron chi connectivity index (χ3n) is 4.81. The predicted octanol–water partition coefficient (Wildman–Crippen LogP) is 3.72. The third-order valence-corrected chi connectivity index (χ3v) is 5.43. The minimum absolute atomic E-state index is 0.00259. The number of halogens is 1. The van der Waals surface area contributed by atoms with Crippen molar-refractivity contribution in [3.05, 3.63) is 56.5 Å². The zero-order valence-electron chi connectivity index (χ0n) is 16.1. The Bertz CT molecular complexity index is 887.